The Kier molecular flexibility index (Phi) is 5.88. The van der Waals surface area contributed by atoms with Gasteiger partial charge >= 0.3 is 0 Å². The number of halogens is 1. The second-order valence-corrected chi connectivity index (χ2v) is 8.79. The number of hydrogen-bond acceptors (Lipinski definition) is 5. The van der Waals surface area contributed by atoms with Gasteiger partial charge in [0.05, 0.1) is 28.8 Å². The molecule has 0 aliphatic carbocycles. The van der Waals surface area contributed by atoms with E-state index in [0.717, 1.165) is 33.1 Å². The molecular weight excluding hydrogens is 464 g/mol. The summed E-state index contributed by atoms with van der Waals surface area (Å²) in [6, 6.07) is 14.5. The lowest BCUT2D eigenvalue weighted by molar-refractivity contribution is 0.0949. The summed E-state index contributed by atoms with van der Waals surface area (Å²) in [5, 5.41) is 12.4. The Morgan fingerprint density at radius 3 is 2.77 bits per heavy atom. The van der Waals surface area contributed by atoms with Gasteiger partial charge < -0.3 is 11.1 Å². The lowest BCUT2D eigenvalue weighted by Gasteiger charge is -2.09. The van der Waals surface area contributed by atoms with Gasteiger partial charge in [-0.2, -0.15) is 5.10 Å². The van der Waals surface area contributed by atoms with Crippen LogP contribution in [0, 0.1) is 6.92 Å². The second-order valence-electron chi connectivity index (χ2n) is 8.35. The highest BCUT2D eigenvalue weighted by Crippen LogP contribution is 2.23. The molecule has 0 bridgehead atoms. The van der Waals surface area contributed by atoms with Gasteiger partial charge in [0.15, 0.2) is 0 Å². The first-order valence-electron chi connectivity index (χ1n) is 10.9. The highest BCUT2D eigenvalue weighted by atomic mass is 35.5. The van der Waals surface area contributed by atoms with Crippen LogP contribution in [-0.2, 0) is 13.0 Å². The van der Waals surface area contributed by atoms with Crippen LogP contribution in [-0.4, -0.2) is 32.0 Å². The summed E-state index contributed by atoms with van der Waals surface area (Å²) in [7, 11) is 0. The van der Waals surface area contributed by atoms with E-state index in [1.54, 1.807) is 36.7 Å². The molecule has 0 unspecified atom stereocenters. The van der Waals surface area contributed by atoms with Crippen LogP contribution >= 0.6 is 11.6 Å². The molecule has 9 heteroatoms. The first-order valence-corrected chi connectivity index (χ1v) is 11.3. The number of primary amides is 1. The minimum Gasteiger partial charge on any atom is -0.366 e. The maximum Gasteiger partial charge on any atom is 0.251 e. The van der Waals surface area contributed by atoms with Gasteiger partial charge in [0.2, 0.25) is 0 Å². The first kappa shape index (κ1) is 22.5. The van der Waals surface area contributed by atoms with E-state index in [-0.39, 0.29) is 12.5 Å². The van der Waals surface area contributed by atoms with Crippen molar-refractivity contribution >= 4 is 45.2 Å². The Morgan fingerprint density at radius 2 is 1.94 bits per heavy atom. The van der Waals surface area contributed by atoms with E-state index in [0.29, 0.717) is 33.8 Å². The third-order valence-corrected chi connectivity index (χ3v) is 5.96. The summed E-state index contributed by atoms with van der Waals surface area (Å²) in [6.07, 6.45) is 3.73. The predicted molar refractivity (Wildman–Crippen MR) is 134 cm³/mol. The molecule has 0 fully saturated rings. The van der Waals surface area contributed by atoms with E-state index in [2.05, 4.69) is 25.5 Å². The van der Waals surface area contributed by atoms with Gasteiger partial charge in [-0.25, -0.2) is 0 Å². The average Bonchev–Trinajstić information content (AvgIpc) is 3.23. The number of amides is 2. The van der Waals surface area contributed by atoms with E-state index in [1.807, 2.05) is 31.2 Å². The third kappa shape index (κ3) is 4.69. The zero-order chi connectivity index (χ0) is 24.5. The summed E-state index contributed by atoms with van der Waals surface area (Å²) in [5.41, 5.74) is 11.1. The number of fused-ring (bicyclic) bond motifs is 2. The van der Waals surface area contributed by atoms with Crippen molar-refractivity contribution in [1.82, 2.24) is 25.5 Å². The molecule has 2 aromatic carbocycles. The molecule has 5 aromatic rings. The number of H-pyrrole nitrogens is 1. The molecule has 0 saturated heterocycles. The molecule has 0 radical (unpaired) electrons. The molecule has 8 nitrogen and oxygen atoms in total. The molecule has 174 valence electrons. The molecule has 0 spiro atoms. The Hall–Kier alpha value is -4.30. The summed E-state index contributed by atoms with van der Waals surface area (Å²) in [5.74, 6) is -0.781. The number of carbonyl (C=O) groups is 2. The van der Waals surface area contributed by atoms with E-state index in [4.69, 9.17) is 17.3 Å². The maximum atomic E-state index is 12.8. The van der Waals surface area contributed by atoms with Gasteiger partial charge in [-0.05, 0) is 66.6 Å². The number of nitrogens with two attached hydrogens (primary N) is 1. The van der Waals surface area contributed by atoms with Crippen LogP contribution in [0.1, 0.15) is 43.2 Å². The van der Waals surface area contributed by atoms with Crippen LogP contribution in [0.25, 0.3) is 21.8 Å². The Morgan fingerprint density at radius 1 is 1.09 bits per heavy atom. The van der Waals surface area contributed by atoms with E-state index >= 15 is 0 Å². The van der Waals surface area contributed by atoms with Crippen LogP contribution in [0.5, 0.6) is 0 Å². The zero-order valence-electron chi connectivity index (χ0n) is 18.8. The predicted octanol–water partition coefficient (Wildman–Crippen LogP) is 4.09. The molecule has 35 heavy (non-hydrogen) atoms. The summed E-state index contributed by atoms with van der Waals surface area (Å²) < 4.78 is 0. The van der Waals surface area contributed by atoms with Crippen molar-refractivity contribution in [2.75, 3.05) is 0 Å². The zero-order valence-corrected chi connectivity index (χ0v) is 19.6. The number of hydrogen-bond donors (Lipinski definition) is 3. The van der Waals surface area contributed by atoms with Crippen LogP contribution in [0.2, 0.25) is 5.02 Å². The smallest absolute Gasteiger partial charge is 0.251 e. The molecule has 3 heterocycles. The molecule has 3 aromatic heterocycles. The maximum absolute atomic E-state index is 12.8. The van der Waals surface area contributed by atoms with Gasteiger partial charge in [-0.15, -0.1) is 0 Å². The summed E-state index contributed by atoms with van der Waals surface area (Å²) >= 11 is 6.09. The molecule has 2 amide bonds. The number of benzene rings is 2. The van der Waals surface area contributed by atoms with E-state index < -0.39 is 5.91 Å². The Bertz CT molecular complexity index is 1610. The number of pyridine rings is 2. The van der Waals surface area contributed by atoms with Crippen molar-refractivity contribution in [3.8, 4) is 0 Å². The third-order valence-electron chi connectivity index (χ3n) is 5.73. The molecule has 0 atom stereocenters. The molecule has 4 N–H and O–H groups in total. The number of aromatic amines is 1. The Balaban J connectivity index is 1.36. The normalized spacial score (nSPS) is 11.1. The second kappa shape index (κ2) is 9.15. The van der Waals surface area contributed by atoms with Crippen LogP contribution in [0.4, 0.5) is 0 Å². The molecular formula is C26H21ClN6O2. The number of aryl methyl sites for hydroxylation is 1. The fourth-order valence-electron chi connectivity index (χ4n) is 4.08. The van der Waals surface area contributed by atoms with Crippen molar-refractivity contribution in [3.63, 3.8) is 0 Å². The van der Waals surface area contributed by atoms with Crippen molar-refractivity contribution < 1.29 is 9.59 Å². The average molecular weight is 485 g/mol. The first-order chi connectivity index (χ1) is 16.9. The number of aromatic nitrogens is 4. The van der Waals surface area contributed by atoms with Crippen LogP contribution in [0.3, 0.4) is 0 Å². The largest absolute Gasteiger partial charge is 0.366 e. The van der Waals surface area contributed by atoms with E-state index in [9.17, 15) is 9.59 Å². The topological polar surface area (TPSA) is 127 Å². The quantitative estimate of drug-likeness (QED) is 0.334. The lowest BCUT2D eigenvalue weighted by atomic mass is 10.00. The van der Waals surface area contributed by atoms with E-state index in [1.165, 1.54) is 0 Å². The fraction of sp³-hybridized carbons (Fsp3) is 0.115. The number of rotatable bonds is 6. The fourth-order valence-corrected chi connectivity index (χ4v) is 4.25. The number of carbonyl (C=O) groups excluding carboxylic acids is 2. The monoisotopic (exact) mass is 484 g/mol. The van der Waals surface area contributed by atoms with Crippen molar-refractivity contribution in [2.45, 2.75) is 19.9 Å². The minimum absolute atomic E-state index is 0.241. The Labute approximate surface area is 205 Å². The van der Waals surface area contributed by atoms with Crippen LogP contribution < -0.4 is 11.1 Å². The standard InChI is InChI=1S/C26H21ClN6O2/c1-14-6-17-7-15(9-21(25(28)34)24(17)30-12-14)8-19-10-16(4-5-29-19)26(35)31-13-23-20-11-18(27)2-3-22(20)32-33-23/h2-7,9-12H,8,13H2,1H3,(H2,28,34)(H,31,35)(H,32,33). The van der Waals surface area contributed by atoms with Crippen molar-refractivity contribution in [3.05, 3.63) is 99.6 Å². The number of nitrogens with zero attached hydrogens (tertiary/aromatic N) is 3. The van der Waals surface area contributed by atoms with Gasteiger partial charge in [0.1, 0.15) is 0 Å². The molecule has 5 rings (SSSR count). The highest BCUT2D eigenvalue weighted by molar-refractivity contribution is 6.31. The number of nitrogens with one attached hydrogen (secondary N) is 2. The highest BCUT2D eigenvalue weighted by Gasteiger charge is 2.13. The van der Waals surface area contributed by atoms with Gasteiger partial charge in [-0.1, -0.05) is 11.6 Å². The van der Waals surface area contributed by atoms with Gasteiger partial charge in [0, 0.05) is 45.9 Å². The summed E-state index contributed by atoms with van der Waals surface area (Å²) in [4.78, 5) is 33.6. The van der Waals surface area contributed by atoms with Gasteiger partial charge in [-0.3, -0.25) is 24.7 Å². The van der Waals surface area contributed by atoms with Gasteiger partial charge in [0.25, 0.3) is 11.8 Å². The van der Waals surface area contributed by atoms with Crippen LogP contribution in [0.15, 0.2) is 60.9 Å². The minimum atomic E-state index is -0.540. The molecule has 0 saturated carbocycles. The molecule has 0 aliphatic heterocycles. The lowest BCUT2D eigenvalue weighted by Crippen LogP contribution is -2.23. The SMILES string of the molecule is Cc1cnc2c(C(N)=O)cc(Cc3cc(C(=O)NCc4[nH]nc5ccc(Cl)cc45)ccn3)cc2c1. The summed E-state index contributed by atoms with van der Waals surface area (Å²) in [6.45, 7) is 2.21. The van der Waals surface area contributed by atoms with Crippen molar-refractivity contribution in [1.29, 1.82) is 0 Å². The molecule has 0 aliphatic rings. The van der Waals surface area contributed by atoms with Crippen molar-refractivity contribution in [2.24, 2.45) is 5.73 Å².